The minimum atomic E-state index is -0.504. The minimum Gasteiger partial charge on any atom is -0.353 e. The molecule has 0 fully saturated rings. The Morgan fingerprint density at radius 1 is 0.684 bits per heavy atom. The van der Waals surface area contributed by atoms with Gasteiger partial charge in [-0.3, -0.25) is 0 Å². The van der Waals surface area contributed by atoms with E-state index in [1.807, 2.05) is 0 Å². The van der Waals surface area contributed by atoms with Gasteiger partial charge in [0.25, 0.3) is 0 Å². The Kier molecular flexibility index (Phi) is 9.67. The fourth-order valence-corrected chi connectivity index (χ4v) is 2.41. The van der Waals surface area contributed by atoms with Crippen molar-refractivity contribution in [2.24, 2.45) is 0 Å². The van der Waals surface area contributed by atoms with Gasteiger partial charge in [0.05, 0.1) is 0 Å². The van der Waals surface area contributed by atoms with Crippen LogP contribution in [0.1, 0.15) is 79.1 Å². The second-order valence-corrected chi connectivity index (χ2v) is 5.25. The van der Waals surface area contributed by atoms with Gasteiger partial charge in [0.2, 0.25) is 0 Å². The lowest BCUT2D eigenvalue weighted by atomic mass is 10.0. The molecule has 0 amide bonds. The molecule has 0 heterocycles. The van der Waals surface area contributed by atoms with Gasteiger partial charge in [-0.15, -0.1) is 0 Å². The van der Waals surface area contributed by atoms with Crippen molar-refractivity contribution in [1.82, 2.24) is 0 Å². The van der Waals surface area contributed by atoms with Crippen molar-refractivity contribution >= 4 is 0 Å². The van der Waals surface area contributed by atoms with E-state index in [0.717, 1.165) is 51.4 Å². The highest BCUT2D eigenvalue weighted by atomic mass is 16.8. The number of ether oxygens (including phenoxy) is 3. The Morgan fingerprint density at radius 3 is 1.26 bits per heavy atom. The van der Waals surface area contributed by atoms with E-state index in [9.17, 15) is 0 Å². The van der Waals surface area contributed by atoms with Crippen LogP contribution in [0, 0.1) is 0 Å². The van der Waals surface area contributed by atoms with Crippen LogP contribution >= 0.6 is 0 Å². The number of methoxy groups -OCH3 is 2. The molecule has 0 radical (unpaired) electrons. The van der Waals surface area contributed by atoms with Crippen molar-refractivity contribution in [1.29, 1.82) is 0 Å². The molecule has 3 heteroatoms. The molecule has 3 nitrogen and oxygen atoms in total. The molecule has 0 aliphatic carbocycles. The first-order valence-electron chi connectivity index (χ1n) is 7.88. The summed E-state index contributed by atoms with van der Waals surface area (Å²) < 4.78 is 17.8. The first-order chi connectivity index (χ1) is 9.07. The molecule has 0 saturated heterocycles. The third kappa shape index (κ3) is 5.80. The molecule has 0 aromatic rings. The summed E-state index contributed by atoms with van der Waals surface area (Å²) in [6, 6.07) is 0. The third-order valence-corrected chi connectivity index (χ3v) is 4.02. The maximum Gasteiger partial charge on any atom is 0.171 e. The summed E-state index contributed by atoms with van der Waals surface area (Å²) in [5, 5.41) is 0. The van der Waals surface area contributed by atoms with Gasteiger partial charge in [-0.2, -0.15) is 0 Å². The van der Waals surface area contributed by atoms with Gasteiger partial charge in [-0.05, 0) is 25.7 Å². The van der Waals surface area contributed by atoms with Crippen LogP contribution in [0.15, 0.2) is 0 Å². The van der Waals surface area contributed by atoms with Crippen LogP contribution in [-0.4, -0.2) is 25.8 Å². The number of hydrogen-bond donors (Lipinski definition) is 0. The Morgan fingerprint density at radius 2 is 1.05 bits per heavy atom. The predicted octanol–water partition coefficient (Wildman–Crippen LogP) is 4.89. The van der Waals surface area contributed by atoms with E-state index in [1.54, 1.807) is 14.2 Å². The molecule has 0 aliphatic rings. The molecule has 0 bridgehead atoms. The summed E-state index contributed by atoms with van der Waals surface area (Å²) in [7, 11) is 3.49. The molecule has 0 saturated carbocycles. The summed E-state index contributed by atoms with van der Waals surface area (Å²) in [5.41, 5.74) is 0. The van der Waals surface area contributed by atoms with Gasteiger partial charge < -0.3 is 14.2 Å². The van der Waals surface area contributed by atoms with Crippen LogP contribution < -0.4 is 0 Å². The quantitative estimate of drug-likeness (QED) is 0.474. The molecule has 0 aromatic carbocycles. The zero-order valence-corrected chi connectivity index (χ0v) is 13.9. The highest BCUT2D eigenvalue weighted by molar-refractivity contribution is 4.76. The van der Waals surface area contributed by atoms with Crippen molar-refractivity contribution in [2.45, 2.75) is 90.6 Å². The van der Waals surface area contributed by atoms with Crippen molar-refractivity contribution in [3.63, 3.8) is 0 Å². The van der Waals surface area contributed by atoms with Gasteiger partial charge >= 0.3 is 0 Å². The summed E-state index contributed by atoms with van der Waals surface area (Å²) >= 11 is 0. The average Bonchev–Trinajstić information content (AvgIpc) is 2.48. The standard InChI is InChI=1S/C16H34O3/c1-7-11-13-15(9-3,17-5)19-16(10-4,18-6)14-12-8-2/h7-14H2,1-6H3. The van der Waals surface area contributed by atoms with E-state index in [0.29, 0.717) is 0 Å². The first kappa shape index (κ1) is 18.9. The Labute approximate surface area is 120 Å². The second kappa shape index (κ2) is 9.73. The predicted molar refractivity (Wildman–Crippen MR) is 80.2 cm³/mol. The van der Waals surface area contributed by atoms with Crippen molar-refractivity contribution < 1.29 is 14.2 Å². The summed E-state index contributed by atoms with van der Waals surface area (Å²) in [5.74, 6) is -1.01. The summed E-state index contributed by atoms with van der Waals surface area (Å²) in [6.45, 7) is 8.62. The SMILES string of the molecule is CCCCC(CC)(OC)OC(CC)(CCCC)OC. The molecule has 0 rings (SSSR count). The smallest absolute Gasteiger partial charge is 0.171 e. The van der Waals surface area contributed by atoms with Crippen molar-refractivity contribution in [3.05, 3.63) is 0 Å². The maximum absolute atomic E-state index is 6.38. The molecule has 2 unspecified atom stereocenters. The Bertz CT molecular complexity index is 186. The molecular formula is C16H34O3. The van der Waals surface area contributed by atoms with Gasteiger partial charge in [-0.25, -0.2) is 0 Å². The second-order valence-electron chi connectivity index (χ2n) is 5.25. The fourth-order valence-electron chi connectivity index (χ4n) is 2.41. The van der Waals surface area contributed by atoms with Crippen LogP contribution in [0.5, 0.6) is 0 Å². The molecule has 19 heavy (non-hydrogen) atoms. The molecule has 0 aromatic heterocycles. The Balaban J connectivity index is 4.90. The zero-order valence-electron chi connectivity index (χ0n) is 13.9. The van der Waals surface area contributed by atoms with E-state index in [1.165, 1.54) is 0 Å². The highest BCUT2D eigenvalue weighted by Gasteiger charge is 2.39. The van der Waals surface area contributed by atoms with Crippen LogP contribution in [-0.2, 0) is 14.2 Å². The van der Waals surface area contributed by atoms with E-state index in [2.05, 4.69) is 27.7 Å². The lowest BCUT2D eigenvalue weighted by Gasteiger charge is -2.42. The number of rotatable bonds is 12. The third-order valence-electron chi connectivity index (χ3n) is 4.02. The van der Waals surface area contributed by atoms with Crippen LogP contribution in [0.3, 0.4) is 0 Å². The lowest BCUT2D eigenvalue weighted by Crippen LogP contribution is -2.46. The van der Waals surface area contributed by atoms with Crippen LogP contribution in [0.25, 0.3) is 0 Å². The van der Waals surface area contributed by atoms with E-state index in [4.69, 9.17) is 14.2 Å². The monoisotopic (exact) mass is 274 g/mol. The van der Waals surface area contributed by atoms with E-state index < -0.39 is 11.6 Å². The first-order valence-corrected chi connectivity index (χ1v) is 7.88. The van der Waals surface area contributed by atoms with Crippen molar-refractivity contribution in [2.75, 3.05) is 14.2 Å². The zero-order chi connectivity index (χ0) is 14.8. The minimum absolute atomic E-state index is 0.504. The molecular weight excluding hydrogens is 240 g/mol. The highest BCUT2D eigenvalue weighted by Crippen LogP contribution is 2.35. The molecule has 2 atom stereocenters. The molecule has 0 aliphatic heterocycles. The largest absolute Gasteiger partial charge is 0.353 e. The normalized spacial score (nSPS) is 18.0. The molecule has 116 valence electrons. The van der Waals surface area contributed by atoms with Gasteiger partial charge in [-0.1, -0.05) is 40.5 Å². The summed E-state index contributed by atoms with van der Waals surface area (Å²) in [4.78, 5) is 0. The Hall–Kier alpha value is -0.120. The lowest BCUT2D eigenvalue weighted by molar-refractivity contribution is -0.355. The van der Waals surface area contributed by atoms with Crippen LogP contribution in [0.4, 0.5) is 0 Å². The van der Waals surface area contributed by atoms with Crippen LogP contribution in [0.2, 0.25) is 0 Å². The average molecular weight is 274 g/mol. The van der Waals surface area contributed by atoms with E-state index >= 15 is 0 Å². The topological polar surface area (TPSA) is 27.7 Å². The summed E-state index contributed by atoms with van der Waals surface area (Å²) in [6.07, 6.45) is 8.06. The number of unbranched alkanes of at least 4 members (excludes halogenated alkanes) is 2. The fraction of sp³-hybridized carbons (Fsp3) is 1.00. The van der Waals surface area contributed by atoms with Gasteiger partial charge in [0.15, 0.2) is 11.6 Å². The molecule has 0 spiro atoms. The van der Waals surface area contributed by atoms with E-state index in [-0.39, 0.29) is 0 Å². The van der Waals surface area contributed by atoms with Gasteiger partial charge in [0.1, 0.15) is 0 Å². The maximum atomic E-state index is 6.38. The number of hydrogen-bond acceptors (Lipinski definition) is 3. The molecule has 0 N–H and O–H groups in total. The van der Waals surface area contributed by atoms with Gasteiger partial charge in [0, 0.05) is 27.1 Å². The van der Waals surface area contributed by atoms with Crippen molar-refractivity contribution in [3.8, 4) is 0 Å².